The number of aliphatic hydroxyl groups is 1. The summed E-state index contributed by atoms with van der Waals surface area (Å²) in [6, 6.07) is 10.4. The summed E-state index contributed by atoms with van der Waals surface area (Å²) >= 11 is 1.62. The molecule has 0 bridgehead atoms. The molecule has 2 N–H and O–H groups in total. The molecule has 0 amide bonds. The van der Waals surface area contributed by atoms with E-state index >= 15 is 0 Å². The molecule has 0 saturated carbocycles. The van der Waals surface area contributed by atoms with E-state index in [1.807, 2.05) is 16.8 Å². The first-order valence-corrected chi connectivity index (χ1v) is 7.23. The van der Waals surface area contributed by atoms with Crippen molar-refractivity contribution in [3.05, 3.63) is 57.8 Å². The van der Waals surface area contributed by atoms with Crippen molar-refractivity contribution in [3.8, 4) is 0 Å². The van der Waals surface area contributed by atoms with Crippen molar-refractivity contribution in [1.29, 1.82) is 0 Å². The molecule has 96 valence electrons. The van der Waals surface area contributed by atoms with Crippen molar-refractivity contribution in [2.75, 3.05) is 6.54 Å². The normalized spacial score (nSPS) is 12.6. The minimum Gasteiger partial charge on any atom is -0.387 e. The maximum absolute atomic E-state index is 9.96. The van der Waals surface area contributed by atoms with E-state index in [0.717, 1.165) is 18.5 Å². The van der Waals surface area contributed by atoms with Crippen molar-refractivity contribution in [2.45, 2.75) is 26.0 Å². The lowest BCUT2D eigenvalue weighted by molar-refractivity contribution is 0.175. The van der Waals surface area contributed by atoms with Gasteiger partial charge in [-0.15, -0.1) is 0 Å². The Kier molecular flexibility index (Phi) is 4.93. The van der Waals surface area contributed by atoms with Gasteiger partial charge in [-0.2, -0.15) is 11.3 Å². The van der Waals surface area contributed by atoms with Crippen LogP contribution >= 0.6 is 11.3 Å². The van der Waals surface area contributed by atoms with Crippen LogP contribution in [0.3, 0.4) is 0 Å². The fourth-order valence-electron chi connectivity index (χ4n) is 2.00. The Labute approximate surface area is 112 Å². The zero-order valence-corrected chi connectivity index (χ0v) is 11.4. The lowest BCUT2D eigenvalue weighted by Crippen LogP contribution is -2.21. The van der Waals surface area contributed by atoms with E-state index in [1.54, 1.807) is 11.3 Å². The summed E-state index contributed by atoms with van der Waals surface area (Å²) in [6.45, 7) is 3.57. The smallest absolute Gasteiger partial charge is 0.0922 e. The molecule has 1 atom stereocenters. The van der Waals surface area contributed by atoms with E-state index in [9.17, 15) is 5.11 Å². The highest BCUT2D eigenvalue weighted by Gasteiger charge is 2.07. The second-order valence-electron chi connectivity index (χ2n) is 4.33. The number of aliphatic hydroxyl groups excluding tert-OH is 1. The molecule has 3 heteroatoms. The first kappa shape index (κ1) is 13.3. The number of rotatable bonds is 6. The molecule has 2 aromatic rings. The van der Waals surface area contributed by atoms with Crippen molar-refractivity contribution in [2.24, 2.45) is 0 Å². The molecule has 1 heterocycles. The molecule has 1 aromatic carbocycles. The van der Waals surface area contributed by atoms with E-state index < -0.39 is 6.10 Å². The van der Waals surface area contributed by atoms with E-state index in [4.69, 9.17) is 0 Å². The van der Waals surface area contributed by atoms with E-state index in [2.05, 4.69) is 36.5 Å². The molecule has 0 saturated heterocycles. The number of aryl methyl sites for hydroxylation is 1. The molecule has 2 rings (SSSR count). The fourth-order valence-corrected chi connectivity index (χ4v) is 2.71. The maximum atomic E-state index is 9.96. The predicted molar refractivity (Wildman–Crippen MR) is 76.8 cm³/mol. The Morgan fingerprint density at radius 1 is 1.22 bits per heavy atom. The van der Waals surface area contributed by atoms with Gasteiger partial charge in [0, 0.05) is 13.1 Å². The van der Waals surface area contributed by atoms with Crippen molar-refractivity contribution >= 4 is 11.3 Å². The van der Waals surface area contributed by atoms with Crippen LogP contribution in [0, 0.1) is 0 Å². The van der Waals surface area contributed by atoms with Gasteiger partial charge in [0.15, 0.2) is 0 Å². The molecule has 0 spiro atoms. The first-order chi connectivity index (χ1) is 8.81. The summed E-state index contributed by atoms with van der Waals surface area (Å²) in [5.74, 6) is 0. The van der Waals surface area contributed by atoms with Crippen LogP contribution < -0.4 is 5.32 Å². The molecule has 0 aliphatic rings. The van der Waals surface area contributed by atoms with Crippen LogP contribution in [0.15, 0.2) is 41.1 Å². The Balaban J connectivity index is 1.85. The molecule has 1 unspecified atom stereocenters. The van der Waals surface area contributed by atoms with Gasteiger partial charge in [-0.05, 0) is 39.9 Å². The molecule has 0 fully saturated rings. The van der Waals surface area contributed by atoms with Gasteiger partial charge in [0.1, 0.15) is 0 Å². The van der Waals surface area contributed by atoms with Crippen molar-refractivity contribution < 1.29 is 5.11 Å². The van der Waals surface area contributed by atoms with Gasteiger partial charge in [0.05, 0.1) is 6.10 Å². The predicted octanol–water partition coefficient (Wildman–Crippen LogP) is 3.13. The quantitative estimate of drug-likeness (QED) is 0.837. The first-order valence-electron chi connectivity index (χ1n) is 6.29. The van der Waals surface area contributed by atoms with Gasteiger partial charge < -0.3 is 10.4 Å². The molecular formula is C15H19NOS. The maximum Gasteiger partial charge on any atom is 0.0922 e. The number of thiophene rings is 1. The topological polar surface area (TPSA) is 32.3 Å². The monoisotopic (exact) mass is 261 g/mol. The second kappa shape index (κ2) is 6.69. The molecule has 0 radical (unpaired) electrons. The highest BCUT2D eigenvalue weighted by Crippen LogP contribution is 2.15. The zero-order chi connectivity index (χ0) is 12.8. The lowest BCUT2D eigenvalue weighted by atomic mass is 10.1. The third kappa shape index (κ3) is 3.42. The molecule has 18 heavy (non-hydrogen) atoms. The second-order valence-corrected chi connectivity index (χ2v) is 5.11. The van der Waals surface area contributed by atoms with Gasteiger partial charge in [-0.1, -0.05) is 31.2 Å². The van der Waals surface area contributed by atoms with Gasteiger partial charge in [0.25, 0.3) is 0 Å². The Bertz CT molecular complexity index is 467. The van der Waals surface area contributed by atoms with Crippen LogP contribution in [0.4, 0.5) is 0 Å². The zero-order valence-electron chi connectivity index (χ0n) is 10.6. The summed E-state index contributed by atoms with van der Waals surface area (Å²) in [5.41, 5.74) is 3.68. The summed E-state index contributed by atoms with van der Waals surface area (Å²) in [4.78, 5) is 0. The SMILES string of the molecule is CCc1ccccc1CNCC(O)c1ccsc1. The Hall–Kier alpha value is -1.16. The van der Waals surface area contributed by atoms with Crippen LogP contribution in [-0.2, 0) is 13.0 Å². The third-order valence-electron chi connectivity index (χ3n) is 3.08. The molecular weight excluding hydrogens is 242 g/mol. The molecule has 2 nitrogen and oxygen atoms in total. The highest BCUT2D eigenvalue weighted by atomic mass is 32.1. The summed E-state index contributed by atoms with van der Waals surface area (Å²) in [7, 11) is 0. The molecule has 0 aliphatic heterocycles. The minimum atomic E-state index is -0.412. The van der Waals surface area contributed by atoms with Gasteiger partial charge >= 0.3 is 0 Å². The van der Waals surface area contributed by atoms with E-state index in [0.29, 0.717) is 6.54 Å². The average Bonchev–Trinajstić information content (AvgIpc) is 2.93. The van der Waals surface area contributed by atoms with Gasteiger partial charge in [-0.3, -0.25) is 0 Å². The number of hydrogen-bond acceptors (Lipinski definition) is 3. The average molecular weight is 261 g/mol. The van der Waals surface area contributed by atoms with Crippen LogP contribution in [0.2, 0.25) is 0 Å². The Morgan fingerprint density at radius 3 is 2.67 bits per heavy atom. The van der Waals surface area contributed by atoms with Crippen LogP contribution in [-0.4, -0.2) is 11.7 Å². The molecule has 1 aromatic heterocycles. The fraction of sp³-hybridized carbons (Fsp3) is 0.333. The van der Waals surface area contributed by atoms with E-state index in [-0.39, 0.29) is 0 Å². The highest BCUT2D eigenvalue weighted by molar-refractivity contribution is 7.07. The summed E-state index contributed by atoms with van der Waals surface area (Å²) in [5, 5.41) is 17.3. The summed E-state index contributed by atoms with van der Waals surface area (Å²) < 4.78 is 0. The van der Waals surface area contributed by atoms with Gasteiger partial charge in [0.2, 0.25) is 0 Å². The van der Waals surface area contributed by atoms with Crippen LogP contribution in [0.25, 0.3) is 0 Å². The standard InChI is InChI=1S/C15H19NOS/c1-2-12-5-3-4-6-13(12)9-16-10-15(17)14-7-8-18-11-14/h3-8,11,15-17H,2,9-10H2,1H3. The van der Waals surface area contributed by atoms with Crippen LogP contribution in [0.1, 0.15) is 29.7 Å². The number of nitrogens with one attached hydrogen (secondary N) is 1. The number of hydrogen-bond donors (Lipinski definition) is 2. The van der Waals surface area contributed by atoms with Crippen LogP contribution in [0.5, 0.6) is 0 Å². The van der Waals surface area contributed by atoms with Crippen molar-refractivity contribution in [1.82, 2.24) is 5.32 Å². The third-order valence-corrected chi connectivity index (χ3v) is 3.78. The Morgan fingerprint density at radius 2 is 2.00 bits per heavy atom. The largest absolute Gasteiger partial charge is 0.387 e. The lowest BCUT2D eigenvalue weighted by Gasteiger charge is -2.12. The number of benzene rings is 1. The van der Waals surface area contributed by atoms with E-state index in [1.165, 1.54) is 11.1 Å². The van der Waals surface area contributed by atoms with Gasteiger partial charge in [-0.25, -0.2) is 0 Å². The molecule has 0 aliphatic carbocycles. The minimum absolute atomic E-state index is 0.412. The summed E-state index contributed by atoms with van der Waals surface area (Å²) in [6.07, 6.45) is 0.635. The van der Waals surface area contributed by atoms with Crippen molar-refractivity contribution in [3.63, 3.8) is 0 Å².